The van der Waals surface area contributed by atoms with Gasteiger partial charge in [-0.2, -0.15) is 0 Å². The molecule has 0 radical (unpaired) electrons. The van der Waals surface area contributed by atoms with Gasteiger partial charge in [-0.3, -0.25) is 24.1 Å². The van der Waals surface area contributed by atoms with Crippen LogP contribution in [-0.4, -0.2) is 55.0 Å². The number of anilines is 3. The molecule has 9 nitrogen and oxygen atoms in total. The van der Waals surface area contributed by atoms with Crippen LogP contribution in [0.15, 0.2) is 127 Å². The molecule has 0 bridgehead atoms. The number of nitrogens with zero attached hydrogens (tertiary/aromatic N) is 3. The van der Waals surface area contributed by atoms with E-state index in [-0.39, 0.29) is 30.4 Å². The second kappa shape index (κ2) is 13.2. The number of amides is 4. The quantitative estimate of drug-likeness (QED) is 0.147. The SMILES string of the molecule is O=C1C2CC=C3C(CC4C(=O)N(c5cccc(Cl)c5)C(=O)C4(c4ccccc4)C3c3c(O)ccc4ccccc34)C2C(=O)N1c1ccc(N2CCOCC2)cc1. The highest BCUT2D eigenvalue weighted by Gasteiger charge is 2.70. The number of morpholine rings is 1. The molecule has 56 heavy (non-hydrogen) atoms. The number of ether oxygens (including phenoxy) is 1. The third-order valence-corrected chi connectivity index (χ3v) is 13.1. The van der Waals surface area contributed by atoms with E-state index in [1.54, 1.807) is 30.3 Å². The normalized spacial score (nSPS) is 27.3. The highest BCUT2D eigenvalue weighted by Crippen LogP contribution is 2.66. The second-order valence-electron chi connectivity index (χ2n) is 15.4. The maximum Gasteiger partial charge on any atom is 0.246 e. The lowest BCUT2D eigenvalue weighted by atomic mass is 9.48. The van der Waals surface area contributed by atoms with Crippen molar-refractivity contribution in [2.75, 3.05) is 41.0 Å². The topological polar surface area (TPSA) is 107 Å². The van der Waals surface area contributed by atoms with Crippen LogP contribution in [0.5, 0.6) is 5.75 Å². The van der Waals surface area contributed by atoms with Gasteiger partial charge in [-0.05, 0) is 83.6 Å². The number of halogens is 1. The predicted octanol–water partition coefficient (Wildman–Crippen LogP) is 7.40. The number of fused-ring (bicyclic) bond motifs is 5. The zero-order valence-electron chi connectivity index (χ0n) is 30.4. The number of hydrogen-bond donors (Lipinski definition) is 1. The number of allylic oxidation sites excluding steroid dienone is 2. The Bertz CT molecular complexity index is 2480. The van der Waals surface area contributed by atoms with Gasteiger partial charge < -0.3 is 14.7 Å². The zero-order valence-corrected chi connectivity index (χ0v) is 31.1. The van der Waals surface area contributed by atoms with Crippen molar-refractivity contribution in [2.45, 2.75) is 24.2 Å². The fourth-order valence-corrected chi connectivity index (χ4v) is 10.7. The summed E-state index contributed by atoms with van der Waals surface area (Å²) in [6, 6.07) is 34.8. The molecule has 10 heteroatoms. The Morgan fingerprint density at radius 2 is 1.43 bits per heavy atom. The first-order valence-electron chi connectivity index (χ1n) is 19.2. The van der Waals surface area contributed by atoms with Crippen LogP contribution in [0.25, 0.3) is 10.8 Å². The number of carbonyl (C=O) groups is 4. The summed E-state index contributed by atoms with van der Waals surface area (Å²) in [6.45, 7) is 2.80. The van der Waals surface area contributed by atoms with Crippen LogP contribution in [0.1, 0.15) is 29.9 Å². The van der Waals surface area contributed by atoms with Crippen LogP contribution in [0, 0.1) is 23.7 Å². The minimum absolute atomic E-state index is 0.0105. The van der Waals surface area contributed by atoms with Crippen molar-refractivity contribution in [2.24, 2.45) is 23.7 Å². The molecule has 3 aliphatic heterocycles. The summed E-state index contributed by atoms with van der Waals surface area (Å²) in [5.41, 5.74) is 2.30. The molecule has 6 atom stereocenters. The average molecular weight is 764 g/mol. The minimum atomic E-state index is -1.50. The monoisotopic (exact) mass is 763 g/mol. The molecular weight excluding hydrogens is 726 g/mol. The lowest BCUT2D eigenvalue weighted by molar-refractivity contribution is -0.127. The van der Waals surface area contributed by atoms with E-state index in [1.165, 1.54) is 9.80 Å². The summed E-state index contributed by atoms with van der Waals surface area (Å²) in [5.74, 6) is -5.19. The third kappa shape index (κ3) is 4.96. The number of imide groups is 2. The number of rotatable bonds is 5. The van der Waals surface area contributed by atoms with Crippen molar-refractivity contribution in [3.8, 4) is 5.75 Å². The van der Waals surface area contributed by atoms with E-state index in [2.05, 4.69) is 4.90 Å². The van der Waals surface area contributed by atoms with Gasteiger partial charge in [0.1, 0.15) is 5.75 Å². The fourth-order valence-electron chi connectivity index (χ4n) is 10.5. The lowest BCUT2D eigenvalue weighted by Gasteiger charge is -2.51. The summed E-state index contributed by atoms with van der Waals surface area (Å²) < 4.78 is 5.51. The number of benzene rings is 5. The van der Waals surface area contributed by atoms with Gasteiger partial charge in [0.25, 0.3) is 0 Å². The third-order valence-electron chi connectivity index (χ3n) is 12.9. The Kier molecular flexibility index (Phi) is 8.16. The highest BCUT2D eigenvalue weighted by atomic mass is 35.5. The van der Waals surface area contributed by atoms with Gasteiger partial charge in [0, 0.05) is 35.3 Å². The summed E-state index contributed by atoms with van der Waals surface area (Å²) >= 11 is 6.46. The molecular formula is C46H38ClN3O6. The second-order valence-corrected chi connectivity index (χ2v) is 15.9. The van der Waals surface area contributed by atoms with Gasteiger partial charge in [-0.1, -0.05) is 90.0 Å². The number of phenolic OH excluding ortho intramolecular Hbond substituents is 1. The van der Waals surface area contributed by atoms with Crippen molar-refractivity contribution < 1.29 is 29.0 Å². The van der Waals surface area contributed by atoms with E-state index in [0.717, 1.165) is 35.1 Å². The summed E-state index contributed by atoms with van der Waals surface area (Å²) in [4.78, 5) is 64.7. The van der Waals surface area contributed by atoms with Crippen molar-refractivity contribution >= 4 is 63.1 Å². The van der Waals surface area contributed by atoms with Crippen molar-refractivity contribution in [1.82, 2.24) is 0 Å². The van der Waals surface area contributed by atoms with Crippen LogP contribution in [-0.2, 0) is 29.3 Å². The van der Waals surface area contributed by atoms with Crippen LogP contribution in [0.3, 0.4) is 0 Å². The molecule has 3 saturated heterocycles. The molecule has 5 aromatic rings. The molecule has 4 fully saturated rings. The van der Waals surface area contributed by atoms with E-state index in [4.69, 9.17) is 16.3 Å². The van der Waals surface area contributed by atoms with E-state index in [9.17, 15) is 14.7 Å². The van der Waals surface area contributed by atoms with Crippen LogP contribution >= 0.6 is 11.6 Å². The van der Waals surface area contributed by atoms with Crippen LogP contribution in [0.4, 0.5) is 17.1 Å². The standard InChI is InChI=1S/C46H38ClN3O6/c47-29-10-6-11-32(25-29)50-43(53)37-26-36-34(18-19-35-39(36)44(54)49(42(35)52)31-16-14-30(15-17-31)48-21-23-56-24-22-48)41(46(37,45(50)55)28-8-2-1-3-9-28)40-33-12-5-4-7-27(33)13-20-38(40)51/h1-18,20,25,35-37,39,41,51H,19,21-24,26H2. The number of aromatic hydroxyl groups is 1. The maximum atomic E-state index is 15.6. The predicted molar refractivity (Wildman–Crippen MR) is 214 cm³/mol. The zero-order chi connectivity index (χ0) is 38.3. The number of hydrogen-bond acceptors (Lipinski definition) is 7. The molecule has 0 spiro atoms. The van der Waals surface area contributed by atoms with Crippen LogP contribution < -0.4 is 14.7 Å². The van der Waals surface area contributed by atoms with Crippen molar-refractivity contribution in [3.05, 3.63) is 143 Å². The van der Waals surface area contributed by atoms with E-state index in [0.29, 0.717) is 40.7 Å². The average Bonchev–Trinajstić information content (AvgIpc) is 3.62. The Morgan fingerprint density at radius 1 is 0.696 bits per heavy atom. The van der Waals surface area contributed by atoms with Crippen molar-refractivity contribution in [1.29, 1.82) is 0 Å². The molecule has 3 heterocycles. The molecule has 5 aliphatic rings. The van der Waals surface area contributed by atoms with Gasteiger partial charge in [0.2, 0.25) is 23.6 Å². The molecule has 1 saturated carbocycles. The number of carbonyl (C=O) groups excluding carboxylic acids is 4. The first-order valence-corrected chi connectivity index (χ1v) is 19.6. The molecule has 1 N–H and O–H groups in total. The number of phenols is 1. The largest absolute Gasteiger partial charge is 0.508 e. The first-order chi connectivity index (χ1) is 27.3. The smallest absolute Gasteiger partial charge is 0.246 e. The van der Waals surface area contributed by atoms with Crippen LogP contribution in [0.2, 0.25) is 5.02 Å². The Labute approximate surface area is 328 Å². The fraction of sp³-hybridized carbons (Fsp3) is 0.261. The molecule has 5 aromatic carbocycles. The molecule has 2 aliphatic carbocycles. The molecule has 4 amide bonds. The lowest BCUT2D eigenvalue weighted by Crippen LogP contribution is -2.53. The maximum absolute atomic E-state index is 15.6. The van der Waals surface area contributed by atoms with Gasteiger partial charge in [-0.25, -0.2) is 4.90 Å². The van der Waals surface area contributed by atoms with Gasteiger partial charge in [0.05, 0.1) is 47.8 Å². The summed E-state index contributed by atoms with van der Waals surface area (Å²) in [5, 5.41) is 14.0. The van der Waals surface area contributed by atoms with E-state index in [1.807, 2.05) is 91.0 Å². The Hall–Kier alpha value is -5.77. The van der Waals surface area contributed by atoms with Crippen molar-refractivity contribution in [3.63, 3.8) is 0 Å². The van der Waals surface area contributed by atoms with Gasteiger partial charge >= 0.3 is 0 Å². The Balaban J connectivity index is 1.15. The first kappa shape index (κ1) is 34.7. The molecule has 0 aromatic heterocycles. The minimum Gasteiger partial charge on any atom is -0.508 e. The molecule has 6 unspecified atom stereocenters. The molecule has 10 rings (SSSR count). The van der Waals surface area contributed by atoms with Gasteiger partial charge in [0.15, 0.2) is 0 Å². The summed E-state index contributed by atoms with van der Waals surface area (Å²) in [7, 11) is 0. The highest BCUT2D eigenvalue weighted by molar-refractivity contribution is 6.32. The Morgan fingerprint density at radius 3 is 2.20 bits per heavy atom. The molecule has 280 valence electrons. The summed E-state index contributed by atoms with van der Waals surface area (Å²) in [6.07, 6.45) is 2.46. The van der Waals surface area contributed by atoms with E-state index < -0.39 is 46.8 Å². The van der Waals surface area contributed by atoms with Gasteiger partial charge in [-0.15, -0.1) is 0 Å². The van der Waals surface area contributed by atoms with E-state index >= 15 is 9.59 Å².